The van der Waals surface area contributed by atoms with E-state index in [2.05, 4.69) is 56.4 Å². The van der Waals surface area contributed by atoms with Crippen molar-refractivity contribution in [2.45, 2.75) is 13.1 Å². The van der Waals surface area contributed by atoms with Crippen LogP contribution in [0.15, 0.2) is 42.9 Å². The normalized spacial score (nSPS) is 14.9. The molecule has 1 aromatic carbocycles. The number of fused-ring (bicyclic) bond motifs is 1. The van der Waals surface area contributed by atoms with Crippen molar-refractivity contribution in [1.29, 1.82) is 0 Å². The lowest BCUT2D eigenvalue weighted by Crippen LogP contribution is -2.31. The summed E-state index contributed by atoms with van der Waals surface area (Å²) >= 11 is 0. The highest BCUT2D eigenvalue weighted by molar-refractivity contribution is 6.12. The van der Waals surface area contributed by atoms with Gasteiger partial charge in [-0.05, 0) is 6.07 Å². The largest absolute Gasteiger partial charge is 0.295 e. The van der Waals surface area contributed by atoms with Gasteiger partial charge in [0.2, 0.25) is 5.52 Å². The van der Waals surface area contributed by atoms with Crippen LogP contribution in [0.5, 0.6) is 0 Å². The van der Waals surface area contributed by atoms with Gasteiger partial charge in [-0.25, -0.2) is 4.57 Å². The SMILES string of the molecule is c1cc2c3c4c(ccc5c4c4n2cc[n+]4C5)C[n+]3c1. The molecule has 0 saturated carbocycles. The van der Waals surface area contributed by atoms with Crippen molar-refractivity contribution in [1.82, 2.24) is 4.40 Å². The number of hydrogen-bond donors (Lipinski definition) is 0. The lowest BCUT2D eigenvalue weighted by molar-refractivity contribution is -0.659. The van der Waals surface area contributed by atoms with Gasteiger partial charge in [-0.15, -0.1) is 0 Å². The number of benzene rings is 1. The highest BCUT2D eigenvalue weighted by atomic mass is 15.1. The number of nitrogens with zero attached hydrogens (tertiary/aromatic N) is 3. The van der Waals surface area contributed by atoms with Gasteiger partial charge < -0.3 is 0 Å². The van der Waals surface area contributed by atoms with Gasteiger partial charge in [0.1, 0.15) is 18.9 Å². The van der Waals surface area contributed by atoms with E-state index in [4.69, 9.17) is 0 Å². The standard InChI is InChI=1S/C16H11N3/c1-2-12-15-13-10(8-17(15)5-1)3-4-11-9-18-6-7-19(12)16(18)14(11)13/h1-7H,8-9H2/q+2. The predicted molar refractivity (Wildman–Crippen MR) is 71.0 cm³/mol. The third-order valence-electron chi connectivity index (χ3n) is 4.73. The molecular weight excluding hydrogens is 234 g/mol. The van der Waals surface area contributed by atoms with Gasteiger partial charge in [0.25, 0.3) is 11.2 Å². The molecule has 5 heterocycles. The minimum absolute atomic E-state index is 1.01. The van der Waals surface area contributed by atoms with Crippen LogP contribution in [0, 0.1) is 0 Å². The maximum Gasteiger partial charge on any atom is 0.295 e. The fourth-order valence-electron chi connectivity index (χ4n) is 3.99. The first-order valence-electron chi connectivity index (χ1n) is 6.71. The van der Waals surface area contributed by atoms with Gasteiger partial charge in [0.15, 0.2) is 12.7 Å². The molecule has 3 aromatic heterocycles. The van der Waals surface area contributed by atoms with Crippen LogP contribution >= 0.6 is 0 Å². The molecule has 2 aliphatic heterocycles. The summed E-state index contributed by atoms with van der Waals surface area (Å²) in [4.78, 5) is 0. The molecule has 3 nitrogen and oxygen atoms in total. The Kier molecular flexibility index (Phi) is 1.13. The molecule has 0 unspecified atom stereocenters. The summed E-state index contributed by atoms with van der Waals surface area (Å²) in [6.45, 7) is 2.02. The van der Waals surface area contributed by atoms with Gasteiger partial charge in [-0.1, -0.05) is 12.1 Å². The fraction of sp³-hybridized carbons (Fsp3) is 0.125. The summed E-state index contributed by atoms with van der Waals surface area (Å²) in [5.74, 6) is 0. The molecule has 6 rings (SSSR count). The molecule has 0 N–H and O–H groups in total. The highest BCUT2D eigenvalue weighted by Gasteiger charge is 2.35. The van der Waals surface area contributed by atoms with Gasteiger partial charge in [0, 0.05) is 17.2 Å². The first-order chi connectivity index (χ1) is 9.42. The fourth-order valence-corrected chi connectivity index (χ4v) is 3.99. The van der Waals surface area contributed by atoms with Crippen molar-refractivity contribution in [3.63, 3.8) is 0 Å². The minimum Gasteiger partial charge on any atom is -0.225 e. The molecule has 0 bridgehead atoms. The third-order valence-corrected chi connectivity index (χ3v) is 4.73. The molecule has 0 fully saturated rings. The molecule has 19 heavy (non-hydrogen) atoms. The van der Waals surface area contributed by atoms with E-state index < -0.39 is 0 Å². The van der Waals surface area contributed by atoms with Crippen LogP contribution in [0.25, 0.3) is 27.5 Å². The zero-order valence-electron chi connectivity index (χ0n) is 10.3. The second-order valence-electron chi connectivity index (χ2n) is 5.62. The Morgan fingerprint density at radius 2 is 1.74 bits per heavy atom. The summed E-state index contributed by atoms with van der Waals surface area (Å²) in [6, 6.07) is 9.01. The highest BCUT2D eigenvalue weighted by Crippen LogP contribution is 2.36. The second kappa shape index (κ2) is 2.48. The second-order valence-corrected chi connectivity index (χ2v) is 5.62. The van der Waals surface area contributed by atoms with Crippen molar-refractivity contribution >= 4 is 27.5 Å². The van der Waals surface area contributed by atoms with E-state index in [0.29, 0.717) is 0 Å². The number of aromatic nitrogens is 3. The number of hydrogen-bond acceptors (Lipinski definition) is 0. The van der Waals surface area contributed by atoms with Gasteiger partial charge in [-0.3, -0.25) is 0 Å². The number of rotatable bonds is 0. The van der Waals surface area contributed by atoms with Crippen LogP contribution in [-0.4, -0.2) is 4.40 Å². The Labute approximate surface area is 108 Å². The first-order valence-corrected chi connectivity index (χ1v) is 6.71. The zero-order chi connectivity index (χ0) is 12.1. The maximum atomic E-state index is 2.38. The molecule has 88 valence electrons. The Morgan fingerprint density at radius 1 is 0.895 bits per heavy atom. The van der Waals surface area contributed by atoms with E-state index in [1.54, 1.807) is 0 Å². The molecule has 0 radical (unpaired) electrons. The van der Waals surface area contributed by atoms with Gasteiger partial charge in [0.05, 0.1) is 10.8 Å². The minimum atomic E-state index is 1.01. The molecule has 0 aliphatic carbocycles. The Bertz CT molecular complexity index is 1060. The summed E-state index contributed by atoms with van der Waals surface area (Å²) in [6.07, 6.45) is 6.60. The zero-order valence-corrected chi connectivity index (χ0v) is 10.3. The van der Waals surface area contributed by atoms with Crippen molar-refractivity contribution in [2.24, 2.45) is 0 Å². The summed E-state index contributed by atoms with van der Waals surface area (Å²) < 4.78 is 7.09. The average Bonchev–Trinajstić information content (AvgIpc) is 3.07. The lowest BCUT2D eigenvalue weighted by atomic mass is 10.0. The van der Waals surface area contributed by atoms with E-state index in [9.17, 15) is 0 Å². The maximum absolute atomic E-state index is 2.38. The number of imidazole rings is 1. The van der Waals surface area contributed by atoms with Crippen LogP contribution < -0.4 is 9.13 Å². The monoisotopic (exact) mass is 245 g/mol. The topological polar surface area (TPSA) is 12.2 Å². The molecule has 3 heteroatoms. The van der Waals surface area contributed by atoms with Gasteiger partial charge >= 0.3 is 0 Å². The van der Waals surface area contributed by atoms with Crippen LogP contribution in [0.1, 0.15) is 11.1 Å². The molecule has 0 atom stereocenters. The smallest absolute Gasteiger partial charge is 0.225 e. The molecule has 4 aromatic rings. The Hall–Kier alpha value is -2.42. The summed E-state index contributed by atoms with van der Waals surface area (Å²) in [5.41, 5.74) is 7.00. The predicted octanol–water partition coefficient (Wildman–Crippen LogP) is 1.54. The molecule has 0 spiro atoms. The van der Waals surface area contributed by atoms with E-state index >= 15 is 0 Å². The lowest BCUT2D eigenvalue weighted by Gasteiger charge is -1.97. The van der Waals surface area contributed by atoms with E-state index in [-0.39, 0.29) is 0 Å². The Morgan fingerprint density at radius 3 is 2.68 bits per heavy atom. The van der Waals surface area contributed by atoms with Crippen molar-refractivity contribution < 1.29 is 9.13 Å². The van der Waals surface area contributed by atoms with Crippen LogP contribution in [0.4, 0.5) is 0 Å². The van der Waals surface area contributed by atoms with E-state index in [1.807, 2.05) is 0 Å². The Balaban J connectivity index is 2.17. The summed E-state index contributed by atoms with van der Waals surface area (Å²) in [5, 5.41) is 2.94. The van der Waals surface area contributed by atoms with E-state index in [1.165, 1.54) is 38.6 Å². The van der Waals surface area contributed by atoms with Crippen molar-refractivity contribution in [3.8, 4) is 0 Å². The molecule has 0 amide bonds. The third kappa shape index (κ3) is 0.758. The van der Waals surface area contributed by atoms with Crippen LogP contribution in [0.3, 0.4) is 0 Å². The van der Waals surface area contributed by atoms with Crippen LogP contribution in [-0.2, 0) is 13.1 Å². The number of pyridine rings is 2. The average molecular weight is 245 g/mol. The molecular formula is C16H11N3+2. The van der Waals surface area contributed by atoms with Crippen molar-refractivity contribution in [2.75, 3.05) is 0 Å². The molecule has 0 saturated heterocycles. The van der Waals surface area contributed by atoms with Crippen LogP contribution in [0.2, 0.25) is 0 Å². The van der Waals surface area contributed by atoms with E-state index in [0.717, 1.165) is 13.1 Å². The first kappa shape index (κ1) is 8.64. The summed E-state index contributed by atoms with van der Waals surface area (Å²) in [7, 11) is 0. The van der Waals surface area contributed by atoms with Crippen molar-refractivity contribution in [3.05, 3.63) is 54.0 Å². The van der Waals surface area contributed by atoms with Gasteiger partial charge in [-0.2, -0.15) is 8.97 Å². The molecule has 2 aliphatic rings. The quantitative estimate of drug-likeness (QED) is 0.284.